The lowest BCUT2D eigenvalue weighted by molar-refractivity contribution is -0.121. The molecule has 0 unspecified atom stereocenters. The van der Waals surface area contributed by atoms with Gasteiger partial charge in [0.05, 0.1) is 27.8 Å². The van der Waals surface area contributed by atoms with Crippen molar-refractivity contribution in [2.45, 2.75) is 6.92 Å². The number of aromatic hydroxyl groups is 1. The summed E-state index contributed by atoms with van der Waals surface area (Å²) in [5, 5.41) is 10.8. The van der Waals surface area contributed by atoms with E-state index in [9.17, 15) is 14.7 Å². The summed E-state index contributed by atoms with van der Waals surface area (Å²) in [6.07, 6.45) is 1.57. The fraction of sp³-hybridized carbons (Fsp3) is 0.150. The Hall–Kier alpha value is -2.29. The molecule has 2 aromatic rings. The summed E-state index contributed by atoms with van der Waals surface area (Å²) >= 11 is 10.5. The van der Waals surface area contributed by atoms with Crippen LogP contribution in [0, 0.1) is 0 Å². The van der Waals surface area contributed by atoms with E-state index < -0.39 is 5.97 Å². The molecule has 3 rings (SSSR count). The summed E-state index contributed by atoms with van der Waals surface area (Å²) in [5.74, 6) is -0.738. The van der Waals surface area contributed by atoms with E-state index in [0.29, 0.717) is 38.0 Å². The van der Waals surface area contributed by atoms with E-state index in [-0.39, 0.29) is 16.7 Å². The van der Waals surface area contributed by atoms with Crippen LogP contribution in [0.1, 0.15) is 22.8 Å². The van der Waals surface area contributed by atoms with Crippen LogP contribution in [0.15, 0.2) is 50.8 Å². The van der Waals surface area contributed by atoms with Gasteiger partial charge in [-0.1, -0.05) is 27.5 Å². The molecular formula is C20H16BrClN2O4S. The number of thioether (sulfide) groups is 1. The Labute approximate surface area is 185 Å². The molecule has 29 heavy (non-hydrogen) atoms. The van der Waals surface area contributed by atoms with Gasteiger partial charge in [-0.15, -0.1) is 0 Å². The number of phenolic OH excluding ortho intramolecular Hbond substituents is 1. The predicted molar refractivity (Wildman–Crippen MR) is 119 cm³/mol. The molecule has 150 valence electrons. The van der Waals surface area contributed by atoms with Gasteiger partial charge in [0.25, 0.3) is 5.91 Å². The van der Waals surface area contributed by atoms with Crippen molar-refractivity contribution in [1.82, 2.24) is 4.90 Å². The molecule has 6 nitrogen and oxygen atoms in total. The topological polar surface area (TPSA) is 79.2 Å². The second-order valence-electron chi connectivity index (χ2n) is 5.96. The van der Waals surface area contributed by atoms with Crippen LogP contribution in [0.25, 0.3) is 6.08 Å². The van der Waals surface area contributed by atoms with Crippen LogP contribution in [0.2, 0.25) is 5.02 Å². The number of phenols is 1. The van der Waals surface area contributed by atoms with Gasteiger partial charge in [-0.3, -0.25) is 9.69 Å². The first kappa shape index (κ1) is 21.4. The number of ether oxygens (including phenoxy) is 1. The Morgan fingerprint density at radius 1 is 1.34 bits per heavy atom. The number of halogens is 2. The van der Waals surface area contributed by atoms with E-state index in [4.69, 9.17) is 16.3 Å². The van der Waals surface area contributed by atoms with Gasteiger partial charge in [0, 0.05) is 17.1 Å². The maximum atomic E-state index is 12.6. The SMILES string of the molecule is CCOC(=O)c1ccc(N=C2S/C(=C/c3cc(Br)cc(Cl)c3O)C(=O)N2C)cc1. The summed E-state index contributed by atoms with van der Waals surface area (Å²) in [5.41, 5.74) is 1.45. The standard InChI is InChI=1S/C20H16BrClN2O4S/c1-3-28-19(27)11-4-6-14(7-5-11)23-20-24(2)18(26)16(29-20)9-12-8-13(21)10-15(22)17(12)25/h4-10,25H,3H2,1-2H3/b16-9+,23-20?. The number of rotatable bonds is 4. The first-order valence-corrected chi connectivity index (χ1v) is 10.5. The molecule has 0 aromatic heterocycles. The van der Waals surface area contributed by atoms with E-state index in [1.54, 1.807) is 56.4 Å². The monoisotopic (exact) mass is 494 g/mol. The summed E-state index contributed by atoms with van der Waals surface area (Å²) in [6, 6.07) is 9.85. The molecule has 2 aromatic carbocycles. The molecule has 1 aliphatic heterocycles. The molecule has 9 heteroatoms. The first-order valence-electron chi connectivity index (χ1n) is 8.51. The van der Waals surface area contributed by atoms with E-state index in [1.807, 2.05) is 0 Å². The van der Waals surface area contributed by atoms with Gasteiger partial charge in [-0.25, -0.2) is 9.79 Å². The molecule has 1 N–H and O–H groups in total. The third-order valence-electron chi connectivity index (χ3n) is 3.95. The minimum Gasteiger partial charge on any atom is -0.506 e. The molecule has 0 saturated carbocycles. The van der Waals surface area contributed by atoms with Crippen molar-refractivity contribution in [2.24, 2.45) is 4.99 Å². The lowest BCUT2D eigenvalue weighted by Gasteiger charge is -2.07. The Bertz CT molecular complexity index is 1040. The number of amidine groups is 1. The number of aliphatic imine (C=N–C) groups is 1. The minimum absolute atomic E-state index is 0.0987. The molecular weight excluding hydrogens is 480 g/mol. The zero-order valence-electron chi connectivity index (χ0n) is 15.5. The maximum Gasteiger partial charge on any atom is 0.338 e. The van der Waals surface area contributed by atoms with Crippen molar-refractivity contribution in [2.75, 3.05) is 13.7 Å². The predicted octanol–water partition coefficient (Wildman–Crippen LogP) is 5.22. The van der Waals surface area contributed by atoms with Gasteiger partial charge in [0.1, 0.15) is 5.75 Å². The Balaban J connectivity index is 1.86. The molecule has 0 radical (unpaired) electrons. The minimum atomic E-state index is -0.396. The largest absolute Gasteiger partial charge is 0.506 e. The number of nitrogens with zero attached hydrogens (tertiary/aromatic N) is 2. The third kappa shape index (κ3) is 4.83. The fourth-order valence-corrected chi connectivity index (χ4v) is 4.30. The zero-order chi connectivity index (χ0) is 21.1. The normalized spacial score (nSPS) is 16.7. The van der Waals surface area contributed by atoms with Crippen molar-refractivity contribution in [3.63, 3.8) is 0 Å². The highest BCUT2D eigenvalue weighted by Crippen LogP contribution is 2.37. The number of benzene rings is 2. The highest BCUT2D eigenvalue weighted by Gasteiger charge is 2.30. The maximum absolute atomic E-state index is 12.6. The number of hydrogen-bond donors (Lipinski definition) is 1. The van der Waals surface area contributed by atoms with Crippen LogP contribution < -0.4 is 0 Å². The van der Waals surface area contributed by atoms with Gasteiger partial charge in [0.2, 0.25) is 0 Å². The summed E-state index contributed by atoms with van der Waals surface area (Å²) in [7, 11) is 1.62. The van der Waals surface area contributed by atoms with Gasteiger partial charge in [-0.05, 0) is 61.2 Å². The van der Waals surface area contributed by atoms with Crippen LogP contribution in [0.5, 0.6) is 5.75 Å². The Morgan fingerprint density at radius 2 is 2.03 bits per heavy atom. The molecule has 1 aliphatic rings. The van der Waals surface area contributed by atoms with Crippen LogP contribution in [0.3, 0.4) is 0 Å². The second kappa shape index (κ2) is 9.02. The second-order valence-corrected chi connectivity index (χ2v) is 8.29. The van der Waals surface area contributed by atoms with E-state index in [2.05, 4.69) is 20.9 Å². The smallest absolute Gasteiger partial charge is 0.338 e. The summed E-state index contributed by atoms with van der Waals surface area (Å²) < 4.78 is 5.64. The molecule has 0 bridgehead atoms. The molecule has 1 amide bonds. The van der Waals surface area contributed by atoms with E-state index in [0.717, 1.165) is 0 Å². The van der Waals surface area contributed by atoms with Crippen molar-refractivity contribution < 1.29 is 19.4 Å². The highest BCUT2D eigenvalue weighted by atomic mass is 79.9. The number of carbonyl (C=O) groups excluding carboxylic acids is 2. The first-order chi connectivity index (χ1) is 13.8. The number of likely N-dealkylation sites (N-methyl/N-ethyl adjacent to an activating group) is 1. The average Bonchev–Trinajstić information content (AvgIpc) is 2.94. The van der Waals surface area contributed by atoms with Crippen molar-refractivity contribution in [1.29, 1.82) is 0 Å². The van der Waals surface area contributed by atoms with Gasteiger partial charge in [0.15, 0.2) is 5.17 Å². The van der Waals surface area contributed by atoms with Gasteiger partial charge >= 0.3 is 5.97 Å². The van der Waals surface area contributed by atoms with Crippen molar-refractivity contribution >= 4 is 68.1 Å². The average molecular weight is 496 g/mol. The fourth-order valence-electron chi connectivity index (χ4n) is 2.49. The van der Waals surface area contributed by atoms with Crippen LogP contribution in [-0.4, -0.2) is 40.7 Å². The van der Waals surface area contributed by atoms with E-state index >= 15 is 0 Å². The highest BCUT2D eigenvalue weighted by molar-refractivity contribution is 9.10. The number of carbonyl (C=O) groups is 2. The molecule has 1 fully saturated rings. The Morgan fingerprint density at radius 3 is 2.69 bits per heavy atom. The van der Waals surface area contributed by atoms with Gasteiger partial charge in [-0.2, -0.15) is 0 Å². The quantitative estimate of drug-likeness (QED) is 0.465. The lowest BCUT2D eigenvalue weighted by Crippen LogP contribution is -2.23. The summed E-state index contributed by atoms with van der Waals surface area (Å²) in [4.78, 5) is 30.6. The van der Waals surface area contributed by atoms with Crippen molar-refractivity contribution in [3.8, 4) is 5.75 Å². The van der Waals surface area contributed by atoms with E-state index in [1.165, 1.54) is 16.7 Å². The van der Waals surface area contributed by atoms with Crippen LogP contribution in [-0.2, 0) is 9.53 Å². The van der Waals surface area contributed by atoms with Gasteiger partial charge < -0.3 is 9.84 Å². The van der Waals surface area contributed by atoms with Crippen LogP contribution >= 0.6 is 39.3 Å². The summed E-state index contributed by atoms with van der Waals surface area (Å²) in [6.45, 7) is 2.05. The molecule has 1 saturated heterocycles. The number of hydrogen-bond acceptors (Lipinski definition) is 6. The van der Waals surface area contributed by atoms with Crippen molar-refractivity contribution in [3.05, 3.63) is 61.9 Å². The lowest BCUT2D eigenvalue weighted by atomic mass is 10.2. The number of esters is 1. The molecule has 0 aliphatic carbocycles. The Kier molecular flexibility index (Phi) is 6.66. The van der Waals surface area contributed by atoms with Crippen LogP contribution in [0.4, 0.5) is 5.69 Å². The third-order valence-corrected chi connectivity index (χ3v) is 5.76. The number of amides is 1. The zero-order valence-corrected chi connectivity index (χ0v) is 18.6. The molecule has 1 heterocycles. The molecule has 0 spiro atoms. The molecule has 0 atom stereocenters.